The molecule has 0 aromatic carbocycles. The number of likely N-dealkylation sites (N-methyl/N-ethyl adjacent to an activating group) is 1. The molecule has 90 valence electrons. The summed E-state index contributed by atoms with van der Waals surface area (Å²) < 4.78 is 14.3. The van der Waals surface area contributed by atoms with Crippen molar-refractivity contribution < 1.29 is 4.39 Å². The van der Waals surface area contributed by atoms with Gasteiger partial charge >= 0.3 is 0 Å². The molecule has 0 aliphatic rings. The van der Waals surface area contributed by atoms with Crippen LogP contribution in [-0.2, 0) is 6.42 Å². The van der Waals surface area contributed by atoms with Gasteiger partial charge in [0.05, 0.1) is 0 Å². The summed E-state index contributed by atoms with van der Waals surface area (Å²) in [5, 5.41) is 2.05. The Kier molecular flexibility index (Phi) is 4.12. The maximum atomic E-state index is 13.6. The van der Waals surface area contributed by atoms with E-state index in [2.05, 4.69) is 27.0 Å². The van der Waals surface area contributed by atoms with Crippen molar-refractivity contribution in [2.75, 3.05) is 18.5 Å². The number of nitrogens with zero attached hydrogens (tertiary/aromatic N) is 2. The number of rotatable bonds is 4. The lowest BCUT2D eigenvalue weighted by atomic mass is 10.3. The van der Waals surface area contributed by atoms with Gasteiger partial charge < -0.3 is 4.90 Å². The van der Waals surface area contributed by atoms with E-state index < -0.39 is 0 Å². The first kappa shape index (κ1) is 12.5. The quantitative estimate of drug-likeness (QED) is 0.855. The molecule has 0 aliphatic carbocycles. The second kappa shape index (κ2) is 5.60. The predicted molar refractivity (Wildman–Crippen MR) is 73.2 cm³/mol. The molecule has 2 rings (SSSR count). The molecule has 0 radical (unpaired) electrons. The summed E-state index contributed by atoms with van der Waals surface area (Å²) >= 11 is 4.91. The van der Waals surface area contributed by atoms with Gasteiger partial charge in [-0.25, -0.2) is 9.37 Å². The average molecular weight is 315 g/mol. The smallest absolute Gasteiger partial charge is 0.166 e. The van der Waals surface area contributed by atoms with Crippen molar-refractivity contribution in [2.24, 2.45) is 0 Å². The van der Waals surface area contributed by atoms with Crippen molar-refractivity contribution in [2.45, 2.75) is 6.42 Å². The van der Waals surface area contributed by atoms with E-state index in [1.165, 1.54) is 10.9 Å². The Bertz CT molecular complexity index is 487. The number of aromatic nitrogens is 1. The molecule has 0 saturated heterocycles. The zero-order valence-corrected chi connectivity index (χ0v) is 11.8. The number of halogens is 2. The maximum Gasteiger partial charge on any atom is 0.166 e. The minimum Gasteiger partial charge on any atom is -0.357 e. The summed E-state index contributed by atoms with van der Waals surface area (Å²) in [4.78, 5) is 7.22. The van der Waals surface area contributed by atoms with Crippen LogP contribution in [0.1, 0.15) is 4.88 Å². The molecule has 2 heterocycles. The van der Waals surface area contributed by atoms with Gasteiger partial charge in [0.2, 0.25) is 0 Å². The Hall–Kier alpha value is -0.940. The molecule has 0 aliphatic heterocycles. The van der Waals surface area contributed by atoms with E-state index in [1.54, 1.807) is 17.5 Å². The molecule has 0 atom stereocenters. The summed E-state index contributed by atoms with van der Waals surface area (Å²) in [6.45, 7) is 0.756. The number of pyridine rings is 1. The molecule has 0 N–H and O–H groups in total. The molecule has 0 fully saturated rings. The number of thiophene rings is 1. The van der Waals surface area contributed by atoms with Crippen LogP contribution in [0.5, 0.6) is 0 Å². The van der Waals surface area contributed by atoms with Gasteiger partial charge in [-0.1, -0.05) is 6.07 Å². The van der Waals surface area contributed by atoms with Crippen LogP contribution >= 0.6 is 27.3 Å². The third-order valence-corrected chi connectivity index (χ3v) is 3.79. The van der Waals surface area contributed by atoms with Gasteiger partial charge in [0.1, 0.15) is 0 Å². The van der Waals surface area contributed by atoms with Crippen molar-refractivity contribution in [3.63, 3.8) is 0 Å². The highest BCUT2D eigenvalue weighted by molar-refractivity contribution is 9.10. The molecule has 2 aromatic heterocycles. The van der Waals surface area contributed by atoms with Gasteiger partial charge in [0, 0.05) is 29.1 Å². The summed E-state index contributed by atoms with van der Waals surface area (Å²) in [7, 11) is 1.85. The van der Waals surface area contributed by atoms with Crippen molar-refractivity contribution in [1.29, 1.82) is 0 Å². The van der Waals surface area contributed by atoms with Crippen molar-refractivity contribution >= 4 is 33.1 Å². The Balaban J connectivity index is 2.01. The lowest BCUT2D eigenvalue weighted by Crippen LogP contribution is -2.22. The highest BCUT2D eigenvalue weighted by Crippen LogP contribution is 2.19. The molecule has 0 bridgehead atoms. The third-order valence-electron chi connectivity index (χ3n) is 2.42. The first-order chi connectivity index (χ1) is 8.16. The molecule has 0 saturated carbocycles. The first-order valence-electron chi connectivity index (χ1n) is 5.21. The van der Waals surface area contributed by atoms with Gasteiger partial charge in [-0.2, -0.15) is 0 Å². The molecular formula is C12H12BrFN2S. The molecule has 5 heteroatoms. The Morgan fingerprint density at radius 3 is 3.00 bits per heavy atom. The van der Waals surface area contributed by atoms with E-state index in [1.807, 2.05) is 23.4 Å². The third kappa shape index (κ3) is 3.26. The summed E-state index contributed by atoms with van der Waals surface area (Å²) in [5.74, 6) is 0.0952. The lowest BCUT2D eigenvalue weighted by molar-refractivity contribution is 0.614. The van der Waals surface area contributed by atoms with Crippen LogP contribution in [0.3, 0.4) is 0 Å². The van der Waals surface area contributed by atoms with Crippen LogP contribution in [0, 0.1) is 5.82 Å². The number of hydrogen-bond donors (Lipinski definition) is 0. The molecule has 2 aromatic rings. The number of hydrogen-bond acceptors (Lipinski definition) is 3. The Labute approximate surface area is 112 Å². The zero-order valence-electron chi connectivity index (χ0n) is 9.36. The second-order valence-corrected chi connectivity index (χ2v) is 5.66. The van der Waals surface area contributed by atoms with E-state index in [0.717, 1.165) is 13.0 Å². The van der Waals surface area contributed by atoms with E-state index >= 15 is 0 Å². The second-order valence-electron chi connectivity index (χ2n) is 3.71. The van der Waals surface area contributed by atoms with Crippen LogP contribution in [-0.4, -0.2) is 18.6 Å². The predicted octanol–water partition coefficient (Wildman–Crippen LogP) is 3.72. The van der Waals surface area contributed by atoms with Gasteiger partial charge in [-0.05, 0) is 39.9 Å². The Morgan fingerprint density at radius 1 is 1.53 bits per heavy atom. The number of anilines is 1. The summed E-state index contributed by atoms with van der Waals surface area (Å²) in [5.41, 5.74) is 0. The van der Waals surface area contributed by atoms with Crippen LogP contribution in [0.15, 0.2) is 34.2 Å². The zero-order chi connectivity index (χ0) is 12.3. The van der Waals surface area contributed by atoms with E-state index in [9.17, 15) is 4.39 Å². The first-order valence-corrected chi connectivity index (χ1v) is 6.88. The molecule has 0 spiro atoms. The van der Waals surface area contributed by atoms with Crippen LogP contribution in [0.2, 0.25) is 0 Å². The fraction of sp³-hybridized carbons (Fsp3) is 0.250. The average Bonchev–Trinajstić information content (AvgIpc) is 2.78. The molecule has 0 unspecified atom stereocenters. The minimum absolute atomic E-state index is 0.298. The van der Waals surface area contributed by atoms with E-state index in [-0.39, 0.29) is 5.82 Å². The fourth-order valence-corrected chi connectivity index (χ4v) is 2.53. The summed E-state index contributed by atoms with van der Waals surface area (Å²) in [6, 6.07) is 5.55. The normalized spacial score (nSPS) is 10.5. The maximum absolute atomic E-state index is 13.6. The molecule has 2 nitrogen and oxygen atoms in total. The van der Waals surface area contributed by atoms with E-state index in [4.69, 9.17) is 0 Å². The Morgan fingerprint density at radius 2 is 2.35 bits per heavy atom. The van der Waals surface area contributed by atoms with Gasteiger partial charge in [0.25, 0.3) is 0 Å². The summed E-state index contributed by atoms with van der Waals surface area (Å²) in [6.07, 6.45) is 2.52. The lowest BCUT2D eigenvalue weighted by Gasteiger charge is -2.18. The monoisotopic (exact) mass is 314 g/mol. The SMILES string of the molecule is CN(CCc1cccs1)c1ncc(Br)cc1F. The highest BCUT2D eigenvalue weighted by Gasteiger charge is 2.09. The van der Waals surface area contributed by atoms with Crippen molar-refractivity contribution in [3.05, 3.63) is 44.9 Å². The van der Waals surface area contributed by atoms with Crippen LogP contribution in [0.25, 0.3) is 0 Å². The van der Waals surface area contributed by atoms with Crippen LogP contribution < -0.4 is 4.90 Å². The van der Waals surface area contributed by atoms with E-state index in [0.29, 0.717) is 10.3 Å². The molecular weight excluding hydrogens is 303 g/mol. The fourth-order valence-electron chi connectivity index (χ4n) is 1.53. The molecule has 17 heavy (non-hydrogen) atoms. The molecule has 0 amide bonds. The van der Waals surface area contributed by atoms with Crippen molar-refractivity contribution in [1.82, 2.24) is 4.98 Å². The van der Waals surface area contributed by atoms with Gasteiger partial charge in [-0.15, -0.1) is 11.3 Å². The topological polar surface area (TPSA) is 16.1 Å². The largest absolute Gasteiger partial charge is 0.357 e. The van der Waals surface area contributed by atoms with Gasteiger partial charge in [-0.3, -0.25) is 0 Å². The highest BCUT2D eigenvalue weighted by atomic mass is 79.9. The van der Waals surface area contributed by atoms with Crippen molar-refractivity contribution in [3.8, 4) is 0 Å². The minimum atomic E-state index is -0.298. The van der Waals surface area contributed by atoms with Gasteiger partial charge in [0.15, 0.2) is 11.6 Å². The standard InChI is InChI=1S/C12H12BrFN2S/c1-16(5-4-10-3-2-6-17-10)12-11(14)7-9(13)8-15-12/h2-3,6-8H,4-5H2,1H3. The van der Waals surface area contributed by atoms with Crippen LogP contribution in [0.4, 0.5) is 10.2 Å².